The van der Waals surface area contributed by atoms with Crippen LogP contribution in [0.5, 0.6) is 0 Å². The first-order valence-corrected chi connectivity index (χ1v) is 7.48. The fourth-order valence-corrected chi connectivity index (χ4v) is 3.75. The molecule has 0 aliphatic carbocycles. The largest absolute Gasteiger partial charge is 0.304 e. The normalized spacial score (nSPS) is 12.9. The maximum atomic E-state index is 4.45. The Kier molecular flexibility index (Phi) is 3.97. The van der Waals surface area contributed by atoms with Crippen LogP contribution in [-0.4, -0.2) is 4.98 Å². The van der Waals surface area contributed by atoms with Crippen LogP contribution in [0, 0.1) is 20.8 Å². The Morgan fingerprint density at radius 3 is 2.65 bits per heavy atom. The van der Waals surface area contributed by atoms with Crippen molar-refractivity contribution in [2.45, 2.75) is 40.3 Å². The van der Waals surface area contributed by atoms with Crippen LogP contribution in [-0.2, 0) is 6.54 Å². The summed E-state index contributed by atoms with van der Waals surface area (Å²) < 4.78 is 0. The molecule has 0 spiro atoms. The predicted molar refractivity (Wildman–Crippen MR) is 75.9 cm³/mol. The summed E-state index contributed by atoms with van der Waals surface area (Å²) in [6.45, 7) is 9.46. The topological polar surface area (TPSA) is 24.9 Å². The molecule has 1 atom stereocenters. The average Bonchev–Trinajstić information content (AvgIpc) is 2.81. The second-order valence-corrected chi connectivity index (χ2v) is 6.55. The van der Waals surface area contributed by atoms with Crippen molar-refractivity contribution in [2.75, 3.05) is 0 Å². The van der Waals surface area contributed by atoms with Crippen LogP contribution < -0.4 is 5.32 Å². The fourth-order valence-electron chi connectivity index (χ4n) is 1.90. The molecule has 0 aliphatic rings. The minimum Gasteiger partial charge on any atom is -0.304 e. The van der Waals surface area contributed by atoms with Gasteiger partial charge in [-0.25, -0.2) is 4.98 Å². The van der Waals surface area contributed by atoms with Crippen molar-refractivity contribution in [2.24, 2.45) is 0 Å². The third kappa shape index (κ3) is 2.94. The van der Waals surface area contributed by atoms with Gasteiger partial charge in [0.25, 0.3) is 0 Å². The molecule has 0 saturated heterocycles. The van der Waals surface area contributed by atoms with Crippen molar-refractivity contribution in [3.63, 3.8) is 0 Å². The number of nitrogens with zero attached hydrogens (tertiary/aromatic N) is 1. The molecule has 1 N–H and O–H groups in total. The first kappa shape index (κ1) is 12.7. The van der Waals surface area contributed by atoms with Crippen LogP contribution in [0.2, 0.25) is 0 Å². The maximum Gasteiger partial charge on any atom is 0.0900 e. The van der Waals surface area contributed by atoms with Gasteiger partial charge in [0.05, 0.1) is 10.7 Å². The van der Waals surface area contributed by atoms with E-state index < -0.39 is 0 Å². The van der Waals surface area contributed by atoms with Gasteiger partial charge in [-0.05, 0) is 44.7 Å². The van der Waals surface area contributed by atoms with Gasteiger partial charge in [0.15, 0.2) is 0 Å². The lowest BCUT2D eigenvalue weighted by atomic mass is 10.2. The van der Waals surface area contributed by atoms with Gasteiger partial charge in [-0.15, -0.1) is 22.7 Å². The van der Waals surface area contributed by atoms with E-state index >= 15 is 0 Å². The summed E-state index contributed by atoms with van der Waals surface area (Å²) in [6.07, 6.45) is 0. The van der Waals surface area contributed by atoms with E-state index in [1.807, 2.05) is 11.3 Å². The number of hydrogen-bond donors (Lipinski definition) is 1. The number of aromatic nitrogens is 1. The summed E-state index contributed by atoms with van der Waals surface area (Å²) in [5.41, 5.74) is 2.54. The third-order valence-electron chi connectivity index (χ3n) is 2.86. The molecule has 2 nitrogen and oxygen atoms in total. The summed E-state index contributed by atoms with van der Waals surface area (Å²) in [5.74, 6) is 0. The number of thiazole rings is 1. The smallest absolute Gasteiger partial charge is 0.0900 e. The molecule has 0 bridgehead atoms. The lowest BCUT2D eigenvalue weighted by molar-refractivity contribution is 0.583. The molecule has 0 aliphatic heterocycles. The van der Waals surface area contributed by atoms with Crippen molar-refractivity contribution in [3.8, 4) is 0 Å². The van der Waals surface area contributed by atoms with E-state index in [1.54, 1.807) is 11.3 Å². The van der Waals surface area contributed by atoms with E-state index in [2.05, 4.69) is 49.4 Å². The van der Waals surface area contributed by atoms with Crippen LogP contribution in [0.25, 0.3) is 0 Å². The molecular weight excluding hydrogens is 248 g/mol. The SMILES string of the molecule is Cc1nc(C)c(CN[C@H](C)c2sccc2C)s1. The zero-order chi connectivity index (χ0) is 12.4. The molecule has 2 aromatic heterocycles. The Morgan fingerprint density at radius 2 is 2.12 bits per heavy atom. The van der Waals surface area contributed by atoms with E-state index in [1.165, 1.54) is 15.3 Å². The summed E-state index contributed by atoms with van der Waals surface area (Å²) in [7, 11) is 0. The maximum absolute atomic E-state index is 4.45. The molecule has 0 aromatic carbocycles. The molecule has 92 valence electrons. The first-order valence-electron chi connectivity index (χ1n) is 5.78. The lowest BCUT2D eigenvalue weighted by Gasteiger charge is -2.12. The minimum atomic E-state index is 0.414. The molecule has 2 rings (SSSR count). The van der Waals surface area contributed by atoms with E-state index in [9.17, 15) is 0 Å². The van der Waals surface area contributed by atoms with E-state index in [0.29, 0.717) is 6.04 Å². The molecule has 0 saturated carbocycles. The molecule has 0 unspecified atom stereocenters. The number of hydrogen-bond acceptors (Lipinski definition) is 4. The molecule has 0 radical (unpaired) electrons. The van der Waals surface area contributed by atoms with E-state index in [0.717, 1.165) is 17.2 Å². The van der Waals surface area contributed by atoms with Crippen molar-refractivity contribution < 1.29 is 0 Å². The van der Waals surface area contributed by atoms with Gasteiger partial charge < -0.3 is 5.32 Å². The zero-order valence-electron chi connectivity index (χ0n) is 10.7. The van der Waals surface area contributed by atoms with Crippen molar-refractivity contribution in [1.29, 1.82) is 0 Å². The third-order valence-corrected chi connectivity index (χ3v) is 5.14. The standard InChI is InChI=1S/C13H18N2S2/c1-8-5-6-16-13(8)10(3)14-7-12-9(2)15-11(4)17-12/h5-6,10,14H,7H2,1-4H3/t10-/m1/s1. The lowest BCUT2D eigenvalue weighted by Crippen LogP contribution is -2.17. The summed E-state index contributed by atoms with van der Waals surface area (Å²) in [6, 6.07) is 2.59. The van der Waals surface area contributed by atoms with Gasteiger partial charge in [0.2, 0.25) is 0 Å². The predicted octanol–water partition coefficient (Wildman–Crippen LogP) is 3.98. The average molecular weight is 266 g/mol. The molecular formula is C13H18N2S2. The molecule has 2 heterocycles. The molecule has 0 fully saturated rings. The highest BCUT2D eigenvalue weighted by Gasteiger charge is 2.11. The molecule has 4 heteroatoms. The highest BCUT2D eigenvalue weighted by molar-refractivity contribution is 7.11. The molecule has 17 heavy (non-hydrogen) atoms. The number of rotatable bonds is 4. The summed E-state index contributed by atoms with van der Waals surface area (Å²) in [4.78, 5) is 7.24. The zero-order valence-corrected chi connectivity index (χ0v) is 12.3. The highest BCUT2D eigenvalue weighted by Crippen LogP contribution is 2.24. The second-order valence-electron chi connectivity index (χ2n) is 4.31. The Balaban J connectivity index is 1.99. The first-order chi connectivity index (χ1) is 8.08. The number of aryl methyl sites for hydroxylation is 3. The summed E-state index contributed by atoms with van der Waals surface area (Å²) >= 11 is 3.62. The van der Waals surface area contributed by atoms with Crippen molar-refractivity contribution >= 4 is 22.7 Å². The van der Waals surface area contributed by atoms with Gasteiger partial charge in [-0.2, -0.15) is 0 Å². The molecule has 0 amide bonds. The second kappa shape index (κ2) is 5.29. The molecule has 2 aromatic rings. The van der Waals surface area contributed by atoms with Gasteiger partial charge >= 0.3 is 0 Å². The number of nitrogens with one attached hydrogen (secondary N) is 1. The van der Waals surface area contributed by atoms with Crippen LogP contribution in [0.3, 0.4) is 0 Å². The van der Waals surface area contributed by atoms with Crippen LogP contribution in [0.1, 0.15) is 39.0 Å². The monoisotopic (exact) mass is 266 g/mol. The summed E-state index contributed by atoms with van der Waals surface area (Å²) in [5, 5.41) is 6.89. The van der Waals surface area contributed by atoms with Gasteiger partial charge in [0.1, 0.15) is 0 Å². The van der Waals surface area contributed by atoms with Gasteiger partial charge in [0, 0.05) is 22.3 Å². The van der Waals surface area contributed by atoms with Crippen LogP contribution >= 0.6 is 22.7 Å². The Labute approximate surface area is 111 Å². The van der Waals surface area contributed by atoms with Gasteiger partial charge in [-0.3, -0.25) is 0 Å². The Hall–Kier alpha value is -0.710. The van der Waals surface area contributed by atoms with E-state index in [4.69, 9.17) is 0 Å². The van der Waals surface area contributed by atoms with Crippen LogP contribution in [0.15, 0.2) is 11.4 Å². The highest BCUT2D eigenvalue weighted by atomic mass is 32.1. The fraction of sp³-hybridized carbons (Fsp3) is 0.462. The van der Waals surface area contributed by atoms with Crippen molar-refractivity contribution in [3.05, 3.63) is 37.5 Å². The van der Waals surface area contributed by atoms with Gasteiger partial charge in [-0.1, -0.05) is 0 Å². The minimum absolute atomic E-state index is 0.414. The Morgan fingerprint density at radius 1 is 1.35 bits per heavy atom. The van der Waals surface area contributed by atoms with E-state index in [-0.39, 0.29) is 0 Å². The van der Waals surface area contributed by atoms with Crippen LogP contribution in [0.4, 0.5) is 0 Å². The van der Waals surface area contributed by atoms with Crippen molar-refractivity contribution in [1.82, 2.24) is 10.3 Å². The quantitative estimate of drug-likeness (QED) is 0.905. The Bertz CT molecular complexity index is 499. The number of thiophene rings is 1.